The van der Waals surface area contributed by atoms with Gasteiger partial charge in [-0.25, -0.2) is 0 Å². The maximum Gasteiger partial charge on any atom is 0.238 e. The zero-order chi connectivity index (χ0) is 20.0. The standard InChI is InChI=1S/C18H19Cl3N2O4/c1-25-14-6-10(7-15(26-2)18(14)27-3)4-5-16(24)22-23-17-12(20)8-11(19)9-13(17)21/h6-9,23H,4-5H2,1-3H3,(H,22,24). The van der Waals surface area contributed by atoms with Crippen LogP contribution < -0.4 is 25.1 Å². The molecule has 2 aromatic carbocycles. The van der Waals surface area contributed by atoms with Crippen molar-refractivity contribution in [2.24, 2.45) is 0 Å². The molecule has 27 heavy (non-hydrogen) atoms. The molecule has 0 aliphatic heterocycles. The van der Waals surface area contributed by atoms with Gasteiger partial charge in [-0.1, -0.05) is 34.8 Å². The van der Waals surface area contributed by atoms with Gasteiger partial charge in [-0.2, -0.15) is 0 Å². The molecule has 2 rings (SSSR count). The van der Waals surface area contributed by atoms with Crippen LogP contribution in [0.4, 0.5) is 5.69 Å². The summed E-state index contributed by atoms with van der Waals surface area (Å²) in [5.74, 6) is 1.32. The van der Waals surface area contributed by atoms with Crippen LogP contribution in [0.2, 0.25) is 15.1 Å². The first-order valence-corrected chi connectivity index (χ1v) is 9.01. The van der Waals surface area contributed by atoms with Crippen molar-refractivity contribution in [1.82, 2.24) is 5.43 Å². The summed E-state index contributed by atoms with van der Waals surface area (Å²) in [6, 6.07) is 6.66. The van der Waals surface area contributed by atoms with Crippen molar-refractivity contribution >= 4 is 46.4 Å². The Morgan fingerprint density at radius 3 is 1.96 bits per heavy atom. The SMILES string of the molecule is COc1cc(CCC(=O)NNc2c(Cl)cc(Cl)cc2Cl)cc(OC)c1OC. The number of ether oxygens (including phenoxy) is 3. The second-order valence-corrected chi connectivity index (χ2v) is 6.70. The number of aryl methyl sites for hydroxylation is 1. The monoisotopic (exact) mass is 432 g/mol. The van der Waals surface area contributed by atoms with Gasteiger partial charge in [-0.05, 0) is 36.2 Å². The minimum absolute atomic E-state index is 0.217. The quantitative estimate of drug-likeness (QED) is 0.588. The lowest BCUT2D eigenvalue weighted by Crippen LogP contribution is -2.29. The summed E-state index contributed by atoms with van der Waals surface area (Å²) < 4.78 is 15.9. The maximum atomic E-state index is 12.1. The molecule has 2 N–H and O–H groups in total. The first-order chi connectivity index (χ1) is 12.9. The van der Waals surface area contributed by atoms with Gasteiger partial charge in [0, 0.05) is 11.4 Å². The van der Waals surface area contributed by atoms with Gasteiger partial charge in [0.2, 0.25) is 11.7 Å². The van der Waals surface area contributed by atoms with Gasteiger partial charge in [-0.3, -0.25) is 15.6 Å². The van der Waals surface area contributed by atoms with E-state index in [4.69, 9.17) is 49.0 Å². The Hall–Kier alpha value is -2.02. The van der Waals surface area contributed by atoms with Gasteiger partial charge in [0.05, 0.1) is 37.1 Å². The second kappa shape index (κ2) is 9.78. The van der Waals surface area contributed by atoms with E-state index in [9.17, 15) is 4.79 Å². The Kier molecular flexibility index (Phi) is 7.71. The van der Waals surface area contributed by atoms with Crippen molar-refractivity contribution in [3.8, 4) is 17.2 Å². The van der Waals surface area contributed by atoms with Gasteiger partial charge < -0.3 is 14.2 Å². The Labute approximate surface area is 172 Å². The minimum atomic E-state index is -0.245. The molecule has 0 aliphatic rings. The van der Waals surface area contributed by atoms with Gasteiger partial charge >= 0.3 is 0 Å². The number of halogens is 3. The zero-order valence-electron chi connectivity index (χ0n) is 15.0. The number of rotatable bonds is 8. The molecule has 6 nitrogen and oxygen atoms in total. The normalized spacial score (nSPS) is 10.3. The van der Waals surface area contributed by atoms with E-state index in [1.54, 1.807) is 12.1 Å². The molecular formula is C18H19Cl3N2O4. The highest BCUT2D eigenvalue weighted by Gasteiger charge is 2.14. The van der Waals surface area contributed by atoms with Crippen LogP contribution in [0.15, 0.2) is 24.3 Å². The molecule has 2 aromatic rings. The Morgan fingerprint density at radius 2 is 1.48 bits per heavy atom. The van der Waals surface area contributed by atoms with Crippen molar-refractivity contribution < 1.29 is 19.0 Å². The molecule has 0 aromatic heterocycles. The van der Waals surface area contributed by atoms with Crippen molar-refractivity contribution in [2.75, 3.05) is 26.8 Å². The third kappa shape index (κ3) is 5.48. The summed E-state index contributed by atoms with van der Waals surface area (Å²) in [7, 11) is 4.61. The van der Waals surface area contributed by atoms with Crippen LogP contribution >= 0.6 is 34.8 Å². The average Bonchev–Trinajstić information content (AvgIpc) is 2.64. The highest BCUT2D eigenvalue weighted by molar-refractivity contribution is 6.41. The third-order valence-electron chi connectivity index (χ3n) is 3.70. The summed E-state index contributed by atoms with van der Waals surface area (Å²) in [6.45, 7) is 0. The van der Waals surface area contributed by atoms with Gasteiger partial charge in [0.25, 0.3) is 0 Å². The molecule has 9 heteroatoms. The molecule has 0 fully saturated rings. The summed E-state index contributed by atoms with van der Waals surface area (Å²) >= 11 is 18.0. The molecule has 146 valence electrons. The van der Waals surface area contributed by atoms with Crippen molar-refractivity contribution in [3.05, 3.63) is 44.9 Å². The summed E-state index contributed by atoms with van der Waals surface area (Å²) in [5.41, 5.74) is 6.52. The first kappa shape index (κ1) is 21.3. The number of carbonyl (C=O) groups is 1. The van der Waals surface area contributed by atoms with Crippen LogP contribution in [0, 0.1) is 0 Å². The van der Waals surface area contributed by atoms with Crippen LogP contribution in [-0.2, 0) is 11.2 Å². The molecule has 0 unspecified atom stereocenters. The summed E-state index contributed by atoms with van der Waals surface area (Å²) in [5, 5.41) is 1.01. The van der Waals surface area contributed by atoms with Crippen molar-refractivity contribution in [3.63, 3.8) is 0 Å². The number of carbonyl (C=O) groups excluding carboxylic acids is 1. The van der Waals surface area contributed by atoms with E-state index in [0.29, 0.717) is 44.4 Å². The van der Waals surface area contributed by atoms with Crippen LogP contribution in [0.1, 0.15) is 12.0 Å². The number of hydrazine groups is 1. The minimum Gasteiger partial charge on any atom is -0.493 e. The van der Waals surface area contributed by atoms with Gasteiger partial charge in [0.1, 0.15) is 0 Å². The molecular weight excluding hydrogens is 415 g/mol. The molecule has 0 radical (unpaired) electrons. The topological polar surface area (TPSA) is 68.8 Å². The Bertz CT molecular complexity index is 782. The molecule has 0 saturated heterocycles. The zero-order valence-corrected chi connectivity index (χ0v) is 17.3. The lowest BCUT2D eigenvalue weighted by molar-refractivity contribution is -0.120. The molecule has 0 heterocycles. The smallest absolute Gasteiger partial charge is 0.238 e. The molecule has 1 amide bonds. The van der Waals surface area contributed by atoms with Crippen molar-refractivity contribution in [1.29, 1.82) is 0 Å². The number of hydrogen-bond donors (Lipinski definition) is 2. The molecule has 0 spiro atoms. The van der Waals surface area contributed by atoms with Gasteiger partial charge in [-0.15, -0.1) is 0 Å². The average molecular weight is 434 g/mol. The molecule has 0 atom stereocenters. The van der Waals surface area contributed by atoms with E-state index in [1.165, 1.54) is 33.5 Å². The summed E-state index contributed by atoms with van der Waals surface area (Å²) in [4.78, 5) is 12.1. The van der Waals surface area contributed by atoms with E-state index in [-0.39, 0.29) is 12.3 Å². The predicted molar refractivity (Wildman–Crippen MR) is 108 cm³/mol. The fourth-order valence-electron chi connectivity index (χ4n) is 2.39. The van der Waals surface area contributed by atoms with E-state index in [1.807, 2.05) is 0 Å². The fraction of sp³-hybridized carbons (Fsp3) is 0.278. The number of benzene rings is 2. The van der Waals surface area contributed by atoms with Gasteiger partial charge in [0.15, 0.2) is 11.5 Å². The number of hydrogen-bond acceptors (Lipinski definition) is 5. The Balaban J connectivity index is 2.00. The number of methoxy groups -OCH3 is 3. The Morgan fingerprint density at radius 1 is 0.926 bits per heavy atom. The molecule has 0 bridgehead atoms. The van der Waals surface area contributed by atoms with E-state index < -0.39 is 0 Å². The van der Waals surface area contributed by atoms with E-state index >= 15 is 0 Å². The number of amides is 1. The predicted octanol–water partition coefficient (Wildman–Crippen LogP) is 4.75. The maximum absolute atomic E-state index is 12.1. The lowest BCUT2D eigenvalue weighted by atomic mass is 10.1. The largest absolute Gasteiger partial charge is 0.493 e. The van der Waals surface area contributed by atoms with E-state index in [2.05, 4.69) is 10.9 Å². The van der Waals surface area contributed by atoms with Crippen molar-refractivity contribution in [2.45, 2.75) is 12.8 Å². The molecule has 0 aliphatic carbocycles. The molecule has 0 saturated carbocycles. The second-order valence-electron chi connectivity index (χ2n) is 5.45. The highest BCUT2D eigenvalue weighted by atomic mass is 35.5. The summed E-state index contributed by atoms with van der Waals surface area (Å²) in [6.07, 6.45) is 0.681. The van der Waals surface area contributed by atoms with E-state index in [0.717, 1.165) is 5.56 Å². The van der Waals surface area contributed by atoms with Crippen LogP contribution in [0.5, 0.6) is 17.2 Å². The number of nitrogens with one attached hydrogen (secondary N) is 2. The first-order valence-electron chi connectivity index (χ1n) is 7.87. The van der Waals surface area contributed by atoms with Crippen LogP contribution in [-0.4, -0.2) is 27.2 Å². The highest BCUT2D eigenvalue weighted by Crippen LogP contribution is 2.38. The van der Waals surface area contributed by atoms with Crippen LogP contribution in [0.3, 0.4) is 0 Å². The lowest BCUT2D eigenvalue weighted by Gasteiger charge is -2.14. The number of anilines is 1. The fourth-order valence-corrected chi connectivity index (χ4v) is 3.31. The van der Waals surface area contributed by atoms with Crippen LogP contribution in [0.25, 0.3) is 0 Å². The third-order valence-corrected chi connectivity index (χ3v) is 4.51.